The van der Waals surface area contributed by atoms with E-state index in [-0.39, 0.29) is 24.6 Å². The number of aryl methyl sites for hydroxylation is 1. The van der Waals surface area contributed by atoms with Crippen LogP contribution in [0.15, 0.2) is 30.6 Å². The molecule has 2 aromatic rings. The highest BCUT2D eigenvalue weighted by Crippen LogP contribution is 2.33. The Kier molecular flexibility index (Phi) is 7.02. The minimum absolute atomic E-state index is 0.0360. The van der Waals surface area contributed by atoms with Crippen molar-refractivity contribution in [3.63, 3.8) is 0 Å². The van der Waals surface area contributed by atoms with Crippen LogP contribution in [0.1, 0.15) is 37.1 Å². The summed E-state index contributed by atoms with van der Waals surface area (Å²) >= 11 is 0. The Bertz CT molecular complexity index is 889. The Hall–Kier alpha value is -2.88. The van der Waals surface area contributed by atoms with E-state index in [1.807, 2.05) is 24.6 Å². The minimum Gasteiger partial charge on any atom is -0.396 e. The summed E-state index contributed by atoms with van der Waals surface area (Å²) < 4.78 is 42.8. The summed E-state index contributed by atoms with van der Waals surface area (Å²) in [6, 6.07) is 3.19. The number of anilines is 1. The molecule has 0 bridgehead atoms. The van der Waals surface area contributed by atoms with Gasteiger partial charge in [-0.15, -0.1) is 12.8 Å². The summed E-state index contributed by atoms with van der Waals surface area (Å²) in [6.45, 7) is 5.85. The number of allylic oxidation sites excluding steroid dienone is 1. The van der Waals surface area contributed by atoms with Gasteiger partial charge in [0.15, 0.2) is 0 Å². The normalized spacial score (nSPS) is 16.0. The second-order valence-corrected chi connectivity index (χ2v) is 7.34. The molecule has 0 aliphatic heterocycles. The first kappa shape index (κ1) is 22.4. The van der Waals surface area contributed by atoms with E-state index in [1.165, 1.54) is 6.07 Å². The summed E-state index contributed by atoms with van der Waals surface area (Å²) in [7, 11) is 1.87. The molecule has 0 unspecified atom stereocenters. The van der Waals surface area contributed by atoms with Crippen LogP contribution in [0.3, 0.4) is 0 Å². The third-order valence-corrected chi connectivity index (χ3v) is 5.26. The number of imidazole rings is 1. The van der Waals surface area contributed by atoms with Gasteiger partial charge < -0.3 is 15.6 Å². The molecule has 0 saturated heterocycles. The van der Waals surface area contributed by atoms with E-state index >= 15 is 0 Å². The number of alkyl halides is 2. The topological polar surface area (TPSA) is 55.9 Å². The molecule has 29 heavy (non-hydrogen) atoms. The van der Waals surface area contributed by atoms with E-state index in [1.54, 1.807) is 6.20 Å². The highest BCUT2D eigenvalue weighted by Gasteiger charge is 2.34. The predicted octanol–water partition coefficient (Wildman–Crippen LogP) is 4.59. The van der Waals surface area contributed by atoms with Crippen molar-refractivity contribution < 1.29 is 13.2 Å². The first-order chi connectivity index (χ1) is 13.7. The van der Waals surface area contributed by atoms with Crippen LogP contribution in [0.5, 0.6) is 0 Å². The van der Waals surface area contributed by atoms with Gasteiger partial charge in [0.2, 0.25) is 5.92 Å². The lowest BCUT2D eigenvalue weighted by Crippen LogP contribution is -2.36. The predicted molar refractivity (Wildman–Crippen MR) is 111 cm³/mol. The zero-order chi connectivity index (χ0) is 21.8. The number of nitrogens with two attached hydrogens (primary N) is 1. The summed E-state index contributed by atoms with van der Waals surface area (Å²) in [6.07, 6.45) is 10.6. The molecule has 3 N–H and O–H groups in total. The van der Waals surface area contributed by atoms with Gasteiger partial charge in [-0.05, 0) is 37.5 Å². The van der Waals surface area contributed by atoms with E-state index in [0.717, 1.165) is 11.5 Å². The van der Waals surface area contributed by atoms with Crippen molar-refractivity contribution >= 4 is 5.69 Å². The molecule has 156 valence electrons. The summed E-state index contributed by atoms with van der Waals surface area (Å²) in [5.41, 5.74) is 8.74. The van der Waals surface area contributed by atoms with Gasteiger partial charge in [0.25, 0.3) is 0 Å². The van der Waals surface area contributed by atoms with Crippen LogP contribution in [-0.4, -0.2) is 21.5 Å². The number of hydrogen-bond acceptors (Lipinski definition) is 3. The molecule has 1 aliphatic carbocycles. The van der Waals surface area contributed by atoms with E-state index < -0.39 is 11.7 Å². The molecule has 4 nitrogen and oxygen atoms in total. The van der Waals surface area contributed by atoms with Crippen LogP contribution < -0.4 is 11.1 Å². The fourth-order valence-corrected chi connectivity index (χ4v) is 3.49. The van der Waals surface area contributed by atoms with Crippen LogP contribution in [-0.2, 0) is 13.5 Å². The van der Waals surface area contributed by atoms with Crippen molar-refractivity contribution in [2.24, 2.45) is 7.05 Å². The van der Waals surface area contributed by atoms with E-state index in [2.05, 4.69) is 29.7 Å². The molecule has 1 aromatic heterocycles. The number of aromatic nitrogens is 2. The van der Waals surface area contributed by atoms with Gasteiger partial charge >= 0.3 is 0 Å². The summed E-state index contributed by atoms with van der Waals surface area (Å²) in [5.74, 6) is -2.24. The highest BCUT2D eigenvalue weighted by molar-refractivity contribution is 5.66. The fraction of sp³-hybridized carbons (Fsp3) is 0.409. The van der Waals surface area contributed by atoms with Crippen LogP contribution in [0, 0.1) is 25.6 Å². The lowest BCUT2D eigenvalue weighted by Gasteiger charge is -2.30. The second kappa shape index (κ2) is 9.08. The van der Waals surface area contributed by atoms with Crippen LogP contribution in [0.4, 0.5) is 18.9 Å². The van der Waals surface area contributed by atoms with Crippen LogP contribution in [0.25, 0.3) is 11.3 Å². The Morgan fingerprint density at radius 3 is 2.52 bits per heavy atom. The Morgan fingerprint density at radius 2 is 1.97 bits per heavy atom. The van der Waals surface area contributed by atoms with E-state index in [0.29, 0.717) is 36.1 Å². The molecule has 1 aliphatic rings. The SMILES string of the molecule is C#C.C=C(Cc1cc(-c2cnc(C)n2C)cc(F)c1N)NC1CCC(F)(F)CC1. The van der Waals surface area contributed by atoms with Crippen molar-refractivity contribution in [3.05, 3.63) is 47.8 Å². The van der Waals surface area contributed by atoms with Gasteiger partial charge in [0.05, 0.1) is 17.6 Å². The number of nitrogens with zero attached hydrogens (tertiary/aromatic N) is 2. The third kappa shape index (κ3) is 5.35. The van der Waals surface area contributed by atoms with E-state index in [4.69, 9.17) is 5.73 Å². The number of nitrogen functional groups attached to an aromatic ring is 1. The zero-order valence-corrected chi connectivity index (χ0v) is 16.8. The Balaban J connectivity index is 0.00000145. The molecule has 1 heterocycles. The summed E-state index contributed by atoms with van der Waals surface area (Å²) in [5, 5.41) is 3.20. The molecule has 0 atom stereocenters. The molecule has 7 heteroatoms. The van der Waals surface area contributed by atoms with E-state index in [9.17, 15) is 13.2 Å². The number of halogens is 3. The molecule has 1 saturated carbocycles. The largest absolute Gasteiger partial charge is 0.396 e. The van der Waals surface area contributed by atoms with Crippen molar-refractivity contribution in [2.75, 3.05) is 5.73 Å². The number of rotatable bonds is 5. The van der Waals surface area contributed by atoms with Gasteiger partial charge in [0, 0.05) is 43.6 Å². The molecule has 0 radical (unpaired) electrons. The summed E-state index contributed by atoms with van der Waals surface area (Å²) in [4.78, 5) is 4.24. The maximum atomic E-state index is 14.4. The lowest BCUT2D eigenvalue weighted by molar-refractivity contribution is -0.0397. The van der Waals surface area contributed by atoms with Gasteiger partial charge in [-0.25, -0.2) is 18.2 Å². The molecular formula is C22H27F3N4. The molecule has 1 aromatic carbocycles. The maximum Gasteiger partial charge on any atom is 0.248 e. The van der Waals surface area contributed by atoms with Crippen LogP contribution in [0.2, 0.25) is 0 Å². The van der Waals surface area contributed by atoms with Crippen molar-refractivity contribution in [1.29, 1.82) is 0 Å². The molecule has 1 fully saturated rings. The third-order valence-electron chi connectivity index (χ3n) is 5.26. The lowest BCUT2D eigenvalue weighted by atomic mass is 9.92. The van der Waals surface area contributed by atoms with Crippen LogP contribution >= 0.6 is 0 Å². The Morgan fingerprint density at radius 1 is 1.34 bits per heavy atom. The second-order valence-electron chi connectivity index (χ2n) is 7.34. The van der Waals surface area contributed by atoms with Gasteiger partial charge in [-0.3, -0.25) is 0 Å². The minimum atomic E-state index is -2.57. The first-order valence-electron chi connectivity index (χ1n) is 9.38. The van der Waals surface area contributed by atoms with Crippen molar-refractivity contribution in [1.82, 2.24) is 14.9 Å². The van der Waals surface area contributed by atoms with Crippen molar-refractivity contribution in [3.8, 4) is 24.1 Å². The molecule has 0 amide bonds. The quantitative estimate of drug-likeness (QED) is 0.566. The van der Waals surface area contributed by atoms with Gasteiger partial charge in [-0.1, -0.05) is 6.58 Å². The number of terminal acetylenes is 1. The Labute approximate surface area is 170 Å². The van der Waals surface area contributed by atoms with Gasteiger partial charge in [0.1, 0.15) is 11.6 Å². The standard InChI is InChI=1S/C20H25F3N4.C2H2/c1-12(26-16-4-6-20(22,23)7-5-16)8-15-9-14(10-17(21)19(15)24)18-11-25-13(2)27(18)3;1-2/h9-11,16,26H,1,4-8,24H2,2-3H3;1-2H. The number of hydrogen-bond donors (Lipinski definition) is 2. The highest BCUT2D eigenvalue weighted by atomic mass is 19.3. The fourth-order valence-electron chi connectivity index (χ4n) is 3.49. The number of benzene rings is 1. The smallest absolute Gasteiger partial charge is 0.248 e. The average Bonchev–Trinajstić information content (AvgIpc) is 3.01. The number of nitrogens with one attached hydrogen (secondary N) is 1. The molecule has 3 rings (SSSR count). The monoisotopic (exact) mass is 404 g/mol. The zero-order valence-electron chi connectivity index (χ0n) is 16.8. The molecular weight excluding hydrogens is 377 g/mol. The van der Waals surface area contributed by atoms with Crippen molar-refractivity contribution in [2.45, 2.75) is 51.0 Å². The van der Waals surface area contributed by atoms with Gasteiger partial charge in [-0.2, -0.15) is 0 Å². The first-order valence-corrected chi connectivity index (χ1v) is 9.38. The maximum absolute atomic E-state index is 14.4. The molecule has 0 spiro atoms. The average molecular weight is 404 g/mol.